The highest BCUT2D eigenvalue weighted by atomic mass is 16.1. The summed E-state index contributed by atoms with van der Waals surface area (Å²) in [5.74, 6) is -0.0560. The lowest BCUT2D eigenvalue weighted by atomic mass is 10.0. The molecule has 2 aromatic carbocycles. The zero-order valence-electron chi connectivity index (χ0n) is 10.6. The Morgan fingerprint density at radius 1 is 1.11 bits per heavy atom. The first kappa shape index (κ1) is 11.8. The Kier molecular flexibility index (Phi) is 3.19. The predicted molar refractivity (Wildman–Crippen MR) is 77.6 cm³/mol. The van der Waals surface area contributed by atoms with E-state index in [1.165, 1.54) is 5.56 Å². The molecule has 0 aromatic heterocycles. The summed E-state index contributed by atoms with van der Waals surface area (Å²) in [6.07, 6.45) is 2.16. The van der Waals surface area contributed by atoms with E-state index in [0.29, 0.717) is 5.56 Å². The SMILES string of the molecule is O=C(Nc1ccccc1)c1ccc2c(c1)CCCN2. The van der Waals surface area contributed by atoms with E-state index in [-0.39, 0.29) is 5.91 Å². The number of hydrogen-bond donors (Lipinski definition) is 2. The van der Waals surface area contributed by atoms with Crippen LogP contribution in [0.4, 0.5) is 11.4 Å². The van der Waals surface area contributed by atoms with Gasteiger partial charge in [-0.15, -0.1) is 0 Å². The topological polar surface area (TPSA) is 41.1 Å². The van der Waals surface area contributed by atoms with E-state index >= 15 is 0 Å². The fourth-order valence-corrected chi connectivity index (χ4v) is 2.34. The molecule has 0 spiro atoms. The molecule has 1 heterocycles. The van der Waals surface area contributed by atoms with Gasteiger partial charge in [0.05, 0.1) is 0 Å². The number of hydrogen-bond acceptors (Lipinski definition) is 2. The molecule has 0 fully saturated rings. The molecule has 0 atom stereocenters. The summed E-state index contributed by atoms with van der Waals surface area (Å²) in [5, 5.41) is 6.25. The molecule has 1 aliphatic heterocycles. The quantitative estimate of drug-likeness (QED) is 0.861. The number of aryl methyl sites for hydroxylation is 1. The van der Waals surface area contributed by atoms with Crippen LogP contribution in [0.1, 0.15) is 22.3 Å². The van der Waals surface area contributed by atoms with Crippen molar-refractivity contribution in [3.8, 4) is 0 Å². The number of benzene rings is 2. The molecule has 2 aromatic rings. The van der Waals surface area contributed by atoms with E-state index in [1.54, 1.807) is 0 Å². The average molecular weight is 252 g/mol. The van der Waals surface area contributed by atoms with Crippen LogP contribution in [0.15, 0.2) is 48.5 Å². The number of fused-ring (bicyclic) bond motifs is 1. The molecule has 0 aliphatic carbocycles. The second kappa shape index (κ2) is 5.14. The van der Waals surface area contributed by atoms with Gasteiger partial charge in [0.15, 0.2) is 0 Å². The minimum Gasteiger partial charge on any atom is -0.385 e. The zero-order valence-corrected chi connectivity index (χ0v) is 10.6. The maximum Gasteiger partial charge on any atom is 0.255 e. The Morgan fingerprint density at radius 2 is 1.95 bits per heavy atom. The summed E-state index contributed by atoms with van der Waals surface area (Å²) >= 11 is 0. The molecule has 0 unspecified atom stereocenters. The number of nitrogens with one attached hydrogen (secondary N) is 2. The van der Waals surface area contributed by atoms with Crippen LogP contribution in [0.5, 0.6) is 0 Å². The summed E-state index contributed by atoms with van der Waals surface area (Å²) < 4.78 is 0. The molecule has 0 saturated carbocycles. The van der Waals surface area contributed by atoms with Gasteiger partial charge in [-0.2, -0.15) is 0 Å². The number of amides is 1. The number of carbonyl (C=O) groups excluding carboxylic acids is 1. The van der Waals surface area contributed by atoms with Crippen molar-refractivity contribution in [1.29, 1.82) is 0 Å². The number of para-hydroxylation sites is 1. The van der Waals surface area contributed by atoms with E-state index in [0.717, 1.165) is 30.8 Å². The van der Waals surface area contributed by atoms with Gasteiger partial charge in [0, 0.05) is 23.5 Å². The molecule has 3 heteroatoms. The van der Waals surface area contributed by atoms with Crippen molar-refractivity contribution < 1.29 is 4.79 Å². The number of anilines is 2. The van der Waals surface area contributed by atoms with Gasteiger partial charge in [0.2, 0.25) is 0 Å². The van der Waals surface area contributed by atoms with Crippen molar-refractivity contribution in [3.63, 3.8) is 0 Å². The summed E-state index contributed by atoms with van der Waals surface area (Å²) in [4.78, 5) is 12.2. The van der Waals surface area contributed by atoms with Crippen molar-refractivity contribution in [3.05, 3.63) is 59.7 Å². The van der Waals surface area contributed by atoms with Crippen LogP contribution in [-0.2, 0) is 6.42 Å². The second-order valence-corrected chi connectivity index (χ2v) is 4.72. The Hall–Kier alpha value is -2.29. The van der Waals surface area contributed by atoms with Crippen LogP contribution in [-0.4, -0.2) is 12.5 Å². The third-order valence-electron chi connectivity index (χ3n) is 3.34. The largest absolute Gasteiger partial charge is 0.385 e. The monoisotopic (exact) mass is 252 g/mol. The third-order valence-corrected chi connectivity index (χ3v) is 3.34. The molecule has 1 aliphatic rings. The van der Waals surface area contributed by atoms with E-state index < -0.39 is 0 Å². The third kappa shape index (κ3) is 2.60. The molecule has 3 rings (SSSR count). The fraction of sp³-hybridized carbons (Fsp3) is 0.188. The Morgan fingerprint density at radius 3 is 2.79 bits per heavy atom. The number of carbonyl (C=O) groups is 1. The second-order valence-electron chi connectivity index (χ2n) is 4.72. The van der Waals surface area contributed by atoms with Gasteiger partial charge in [-0.25, -0.2) is 0 Å². The normalized spacial score (nSPS) is 13.3. The molecule has 0 radical (unpaired) electrons. The van der Waals surface area contributed by atoms with E-state index in [9.17, 15) is 4.79 Å². The zero-order chi connectivity index (χ0) is 13.1. The van der Waals surface area contributed by atoms with Gasteiger partial charge < -0.3 is 10.6 Å². The van der Waals surface area contributed by atoms with Crippen LogP contribution >= 0.6 is 0 Å². The van der Waals surface area contributed by atoms with E-state index in [1.807, 2.05) is 48.5 Å². The fourth-order valence-electron chi connectivity index (χ4n) is 2.34. The molecule has 3 nitrogen and oxygen atoms in total. The number of rotatable bonds is 2. The molecule has 2 N–H and O–H groups in total. The Balaban J connectivity index is 1.80. The molecule has 0 bridgehead atoms. The summed E-state index contributed by atoms with van der Waals surface area (Å²) in [6, 6.07) is 15.4. The maximum absolute atomic E-state index is 12.2. The Labute approximate surface area is 112 Å². The highest BCUT2D eigenvalue weighted by Gasteiger charge is 2.12. The minimum atomic E-state index is -0.0560. The first-order valence-electron chi connectivity index (χ1n) is 6.56. The van der Waals surface area contributed by atoms with Crippen LogP contribution in [0.3, 0.4) is 0 Å². The van der Waals surface area contributed by atoms with Gasteiger partial charge in [0.1, 0.15) is 0 Å². The molecule has 96 valence electrons. The van der Waals surface area contributed by atoms with Gasteiger partial charge in [-0.1, -0.05) is 18.2 Å². The first-order valence-corrected chi connectivity index (χ1v) is 6.56. The summed E-state index contributed by atoms with van der Waals surface area (Å²) in [6.45, 7) is 1.02. The van der Waals surface area contributed by atoms with Crippen molar-refractivity contribution in [2.45, 2.75) is 12.8 Å². The average Bonchev–Trinajstić information content (AvgIpc) is 2.48. The van der Waals surface area contributed by atoms with Crippen molar-refractivity contribution >= 4 is 17.3 Å². The first-order chi connectivity index (χ1) is 9.33. The van der Waals surface area contributed by atoms with E-state index in [4.69, 9.17) is 0 Å². The smallest absolute Gasteiger partial charge is 0.255 e. The van der Waals surface area contributed by atoms with Crippen molar-refractivity contribution in [2.24, 2.45) is 0 Å². The van der Waals surface area contributed by atoms with Crippen molar-refractivity contribution in [2.75, 3.05) is 17.2 Å². The lowest BCUT2D eigenvalue weighted by Crippen LogP contribution is -2.15. The van der Waals surface area contributed by atoms with Gasteiger partial charge in [-0.05, 0) is 48.7 Å². The highest BCUT2D eigenvalue weighted by molar-refractivity contribution is 6.04. The lowest BCUT2D eigenvalue weighted by molar-refractivity contribution is 0.102. The van der Waals surface area contributed by atoms with Gasteiger partial charge in [-0.3, -0.25) is 4.79 Å². The Bertz CT molecular complexity index is 593. The standard InChI is InChI=1S/C16H16N2O/c19-16(18-14-6-2-1-3-7-14)13-8-9-15-12(11-13)5-4-10-17-15/h1-3,6-9,11,17H,4-5,10H2,(H,18,19). The van der Waals surface area contributed by atoms with Gasteiger partial charge >= 0.3 is 0 Å². The minimum absolute atomic E-state index is 0.0560. The summed E-state index contributed by atoms with van der Waals surface area (Å²) in [5.41, 5.74) is 3.92. The van der Waals surface area contributed by atoms with Crippen LogP contribution < -0.4 is 10.6 Å². The molecular formula is C16H16N2O. The van der Waals surface area contributed by atoms with Gasteiger partial charge in [0.25, 0.3) is 5.91 Å². The van der Waals surface area contributed by atoms with Crippen LogP contribution in [0, 0.1) is 0 Å². The lowest BCUT2D eigenvalue weighted by Gasteiger charge is -2.18. The molecule has 1 amide bonds. The predicted octanol–water partition coefficient (Wildman–Crippen LogP) is 3.30. The maximum atomic E-state index is 12.2. The highest BCUT2D eigenvalue weighted by Crippen LogP contribution is 2.23. The molecule has 19 heavy (non-hydrogen) atoms. The van der Waals surface area contributed by atoms with Crippen molar-refractivity contribution in [1.82, 2.24) is 0 Å². The van der Waals surface area contributed by atoms with Crippen LogP contribution in [0.2, 0.25) is 0 Å². The molecule has 0 saturated heterocycles. The summed E-state index contributed by atoms with van der Waals surface area (Å²) in [7, 11) is 0. The molecular weight excluding hydrogens is 236 g/mol. The van der Waals surface area contributed by atoms with E-state index in [2.05, 4.69) is 10.6 Å². The van der Waals surface area contributed by atoms with Crippen LogP contribution in [0.25, 0.3) is 0 Å².